The molecule has 1 aliphatic carbocycles. The second-order valence-corrected chi connectivity index (χ2v) is 7.25. The molecule has 1 aliphatic rings. The second-order valence-electron chi connectivity index (χ2n) is 6.11. The van der Waals surface area contributed by atoms with Gasteiger partial charge in [0.1, 0.15) is 0 Å². The fraction of sp³-hybridized carbons (Fsp3) is 0.632. The van der Waals surface area contributed by atoms with Crippen LogP contribution in [-0.4, -0.2) is 36.7 Å². The highest BCUT2D eigenvalue weighted by molar-refractivity contribution is 7.99. The van der Waals surface area contributed by atoms with Crippen molar-refractivity contribution in [1.82, 2.24) is 10.6 Å². The maximum atomic E-state index is 5.56. The summed E-state index contributed by atoms with van der Waals surface area (Å²) >= 11 is 1.98. The Morgan fingerprint density at radius 3 is 2.71 bits per heavy atom. The van der Waals surface area contributed by atoms with E-state index >= 15 is 0 Å². The third-order valence-corrected chi connectivity index (χ3v) is 5.49. The van der Waals surface area contributed by atoms with Crippen LogP contribution in [0.1, 0.15) is 44.2 Å². The molecule has 0 aliphatic heterocycles. The van der Waals surface area contributed by atoms with E-state index in [2.05, 4.69) is 48.1 Å². The van der Waals surface area contributed by atoms with Gasteiger partial charge in [0.25, 0.3) is 0 Å². The highest BCUT2D eigenvalue weighted by Crippen LogP contribution is 2.28. The van der Waals surface area contributed by atoms with Crippen LogP contribution in [0.25, 0.3) is 0 Å². The highest BCUT2D eigenvalue weighted by atomic mass is 32.2. The van der Waals surface area contributed by atoms with Gasteiger partial charge in [0.15, 0.2) is 5.96 Å². The van der Waals surface area contributed by atoms with E-state index in [-0.39, 0.29) is 0 Å². The maximum absolute atomic E-state index is 5.56. The zero-order valence-electron chi connectivity index (χ0n) is 15.2. The smallest absolute Gasteiger partial charge is 0.191 e. The number of guanidine groups is 1. The van der Waals surface area contributed by atoms with Gasteiger partial charge in [-0.1, -0.05) is 24.3 Å². The summed E-state index contributed by atoms with van der Waals surface area (Å²) in [5.41, 5.74) is 2.46. The molecule has 0 saturated heterocycles. The number of benzene rings is 1. The van der Waals surface area contributed by atoms with Gasteiger partial charge in [-0.15, -0.1) is 0 Å². The van der Waals surface area contributed by atoms with Crippen molar-refractivity contribution in [2.75, 3.05) is 19.4 Å². The number of thioether (sulfide) groups is 1. The molecule has 2 rings (SSSR count). The summed E-state index contributed by atoms with van der Waals surface area (Å²) in [5.74, 6) is 0.926. The van der Waals surface area contributed by atoms with Crippen LogP contribution in [0.15, 0.2) is 29.3 Å². The standard InChI is InChI=1S/C19H31N3OS/c1-4-20-19(22-17-10-11-18(12-17)24-3)21-13-15-8-6-7-9-16(15)14-23-5-2/h6-9,17-18H,4-5,10-14H2,1-3H3,(H2,20,21,22). The van der Waals surface area contributed by atoms with E-state index in [0.29, 0.717) is 19.2 Å². The first kappa shape index (κ1) is 19.1. The van der Waals surface area contributed by atoms with Crippen LogP contribution in [-0.2, 0) is 17.9 Å². The molecule has 0 amide bonds. The Balaban J connectivity index is 1.98. The summed E-state index contributed by atoms with van der Waals surface area (Å²) in [4.78, 5) is 4.80. The van der Waals surface area contributed by atoms with Crippen LogP contribution in [0, 0.1) is 0 Å². The molecule has 4 nitrogen and oxygen atoms in total. The Morgan fingerprint density at radius 2 is 2.04 bits per heavy atom. The molecule has 1 fully saturated rings. The Morgan fingerprint density at radius 1 is 1.25 bits per heavy atom. The lowest BCUT2D eigenvalue weighted by molar-refractivity contribution is 0.133. The molecule has 0 bridgehead atoms. The van der Waals surface area contributed by atoms with Crippen molar-refractivity contribution in [3.63, 3.8) is 0 Å². The number of aliphatic imine (C=N–C) groups is 1. The summed E-state index contributed by atoms with van der Waals surface area (Å²) in [5, 5.41) is 7.77. The third kappa shape index (κ3) is 6.02. The predicted molar refractivity (Wildman–Crippen MR) is 105 cm³/mol. The summed E-state index contributed by atoms with van der Waals surface area (Å²) in [7, 11) is 0. The fourth-order valence-electron chi connectivity index (χ4n) is 3.03. The lowest BCUT2D eigenvalue weighted by Crippen LogP contribution is -2.42. The molecule has 2 unspecified atom stereocenters. The van der Waals surface area contributed by atoms with Crippen molar-refractivity contribution in [3.05, 3.63) is 35.4 Å². The van der Waals surface area contributed by atoms with Gasteiger partial charge in [-0.25, -0.2) is 4.99 Å². The molecule has 24 heavy (non-hydrogen) atoms. The van der Waals surface area contributed by atoms with Crippen molar-refractivity contribution in [2.24, 2.45) is 4.99 Å². The van der Waals surface area contributed by atoms with E-state index in [4.69, 9.17) is 9.73 Å². The summed E-state index contributed by atoms with van der Waals surface area (Å²) in [6.07, 6.45) is 5.97. The zero-order valence-corrected chi connectivity index (χ0v) is 16.0. The first-order valence-corrected chi connectivity index (χ1v) is 10.3. The Hall–Kier alpha value is -1.20. The van der Waals surface area contributed by atoms with Gasteiger partial charge in [0, 0.05) is 24.4 Å². The van der Waals surface area contributed by atoms with E-state index in [1.165, 1.54) is 30.4 Å². The number of nitrogens with one attached hydrogen (secondary N) is 2. The lowest BCUT2D eigenvalue weighted by Gasteiger charge is -2.17. The number of hydrogen-bond donors (Lipinski definition) is 2. The van der Waals surface area contributed by atoms with E-state index < -0.39 is 0 Å². The molecule has 134 valence electrons. The Bertz CT molecular complexity index is 521. The summed E-state index contributed by atoms with van der Waals surface area (Å²) in [6.45, 7) is 7.09. The average molecular weight is 350 g/mol. The van der Waals surface area contributed by atoms with E-state index in [1.807, 2.05) is 18.7 Å². The van der Waals surface area contributed by atoms with Gasteiger partial charge in [0.05, 0.1) is 13.2 Å². The van der Waals surface area contributed by atoms with Crippen molar-refractivity contribution in [1.29, 1.82) is 0 Å². The molecule has 5 heteroatoms. The van der Waals surface area contributed by atoms with E-state index in [1.54, 1.807) is 0 Å². The lowest BCUT2D eigenvalue weighted by atomic mass is 10.1. The zero-order chi connectivity index (χ0) is 17.2. The summed E-state index contributed by atoms with van der Waals surface area (Å²) in [6, 6.07) is 8.94. The number of ether oxygens (including phenoxy) is 1. The first-order chi connectivity index (χ1) is 11.8. The maximum Gasteiger partial charge on any atom is 0.191 e. The largest absolute Gasteiger partial charge is 0.377 e. The van der Waals surface area contributed by atoms with Gasteiger partial charge in [-0.3, -0.25) is 0 Å². The molecule has 1 aromatic carbocycles. The Kier molecular flexibility index (Phi) is 8.47. The molecule has 0 aromatic heterocycles. The number of rotatable bonds is 8. The number of hydrogen-bond acceptors (Lipinski definition) is 3. The minimum absolute atomic E-state index is 0.541. The predicted octanol–water partition coefficient (Wildman–Crippen LogP) is 3.56. The molecule has 0 heterocycles. The van der Waals surface area contributed by atoms with Crippen LogP contribution < -0.4 is 10.6 Å². The van der Waals surface area contributed by atoms with Crippen molar-refractivity contribution in [3.8, 4) is 0 Å². The molecule has 2 atom stereocenters. The van der Waals surface area contributed by atoms with Gasteiger partial charge >= 0.3 is 0 Å². The minimum Gasteiger partial charge on any atom is -0.377 e. The highest BCUT2D eigenvalue weighted by Gasteiger charge is 2.24. The monoisotopic (exact) mass is 349 g/mol. The first-order valence-electron chi connectivity index (χ1n) is 8.99. The summed E-state index contributed by atoms with van der Waals surface area (Å²) < 4.78 is 5.56. The second kappa shape index (κ2) is 10.6. The Labute approximate surface area is 150 Å². The molecule has 1 aromatic rings. The third-order valence-electron chi connectivity index (χ3n) is 4.39. The van der Waals surface area contributed by atoms with Crippen LogP contribution in [0.2, 0.25) is 0 Å². The fourth-order valence-corrected chi connectivity index (χ4v) is 3.82. The molecule has 2 N–H and O–H groups in total. The van der Waals surface area contributed by atoms with Crippen LogP contribution >= 0.6 is 11.8 Å². The van der Waals surface area contributed by atoms with Gasteiger partial charge in [-0.2, -0.15) is 11.8 Å². The van der Waals surface area contributed by atoms with Crippen LogP contribution in [0.4, 0.5) is 0 Å². The number of nitrogens with zero attached hydrogens (tertiary/aromatic N) is 1. The normalized spacial score (nSPS) is 21.0. The van der Waals surface area contributed by atoms with Crippen molar-refractivity contribution in [2.45, 2.75) is 57.6 Å². The molecule has 0 radical (unpaired) electrons. The van der Waals surface area contributed by atoms with Crippen LogP contribution in [0.3, 0.4) is 0 Å². The van der Waals surface area contributed by atoms with Gasteiger partial charge in [0.2, 0.25) is 0 Å². The van der Waals surface area contributed by atoms with Gasteiger partial charge in [-0.05, 0) is 50.5 Å². The SMILES string of the molecule is CCNC(=NCc1ccccc1COCC)NC1CCC(SC)C1. The van der Waals surface area contributed by atoms with Gasteiger partial charge < -0.3 is 15.4 Å². The van der Waals surface area contributed by atoms with E-state index in [0.717, 1.165) is 24.4 Å². The minimum atomic E-state index is 0.541. The van der Waals surface area contributed by atoms with Crippen molar-refractivity contribution < 1.29 is 4.74 Å². The van der Waals surface area contributed by atoms with Crippen molar-refractivity contribution >= 4 is 17.7 Å². The molecule has 1 saturated carbocycles. The quantitative estimate of drug-likeness (QED) is 0.556. The average Bonchev–Trinajstić information content (AvgIpc) is 3.06. The molecular formula is C19H31N3OS. The molecule has 0 spiro atoms. The van der Waals surface area contributed by atoms with Crippen LogP contribution in [0.5, 0.6) is 0 Å². The topological polar surface area (TPSA) is 45.7 Å². The molecular weight excluding hydrogens is 318 g/mol. The van der Waals surface area contributed by atoms with E-state index in [9.17, 15) is 0 Å².